The van der Waals surface area contributed by atoms with Gasteiger partial charge < -0.3 is 9.84 Å². The number of rotatable bonds is 3. The first kappa shape index (κ1) is 14.1. The molecule has 0 unspecified atom stereocenters. The van der Waals surface area contributed by atoms with Crippen LogP contribution >= 0.6 is 23.2 Å². The second-order valence-electron chi connectivity index (χ2n) is 4.04. The summed E-state index contributed by atoms with van der Waals surface area (Å²) in [6.45, 7) is 1.56. The number of aliphatic hydroxyl groups is 1. The Hall–Kier alpha value is -1.29. The van der Waals surface area contributed by atoms with Gasteiger partial charge in [-0.2, -0.15) is 0 Å². The van der Waals surface area contributed by atoms with Crippen molar-refractivity contribution in [1.29, 1.82) is 0 Å². The van der Waals surface area contributed by atoms with Gasteiger partial charge in [0, 0.05) is 5.02 Å². The summed E-state index contributed by atoms with van der Waals surface area (Å²) in [5.74, 6) is -0.215. The van der Waals surface area contributed by atoms with Crippen molar-refractivity contribution in [3.05, 3.63) is 57.8 Å². The Morgan fingerprint density at radius 3 is 2.37 bits per heavy atom. The summed E-state index contributed by atoms with van der Waals surface area (Å²) in [5, 5.41) is 10.1. The lowest BCUT2D eigenvalue weighted by molar-refractivity contribution is 0.198. The zero-order chi connectivity index (χ0) is 14.0. The van der Waals surface area contributed by atoms with Gasteiger partial charge in [-0.25, -0.2) is 4.39 Å². The Kier molecular flexibility index (Phi) is 4.30. The summed E-state index contributed by atoms with van der Waals surface area (Å²) < 4.78 is 19.2. The van der Waals surface area contributed by atoms with Crippen LogP contribution in [0.5, 0.6) is 11.5 Å². The Balaban J connectivity index is 2.28. The van der Waals surface area contributed by atoms with Crippen LogP contribution in [0.25, 0.3) is 0 Å². The van der Waals surface area contributed by atoms with Crippen molar-refractivity contribution in [1.82, 2.24) is 0 Å². The highest BCUT2D eigenvalue weighted by Crippen LogP contribution is 2.33. The van der Waals surface area contributed by atoms with E-state index in [1.807, 2.05) is 0 Å². The van der Waals surface area contributed by atoms with Crippen molar-refractivity contribution in [2.24, 2.45) is 0 Å². The first-order valence-electron chi connectivity index (χ1n) is 5.58. The minimum Gasteiger partial charge on any atom is -0.453 e. The van der Waals surface area contributed by atoms with E-state index in [0.717, 1.165) is 0 Å². The smallest absolute Gasteiger partial charge is 0.166 e. The van der Waals surface area contributed by atoms with Crippen LogP contribution < -0.4 is 4.74 Å². The Bertz CT molecular complexity index is 600. The predicted octanol–water partition coefficient (Wildman–Crippen LogP) is 4.98. The second kappa shape index (κ2) is 5.78. The Labute approximate surface area is 120 Å². The van der Waals surface area contributed by atoms with E-state index >= 15 is 0 Å². The highest BCUT2D eigenvalue weighted by molar-refractivity contribution is 6.35. The number of halogens is 3. The molecule has 0 spiro atoms. The van der Waals surface area contributed by atoms with Crippen molar-refractivity contribution in [3.8, 4) is 11.5 Å². The quantitative estimate of drug-likeness (QED) is 0.866. The van der Waals surface area contributed by atoms with E-state index in [-0.39, 0.29) is 5.75 Å². The monoisotopic (exact) mass is 300 g/mol. The molecule has 5 heteroatoms. The maximum absolute atomic E-state index is 13.8. The molecule has 1 N–H and O–H groups in total. The molecule has 0 aliphatic rings. The first-order valence-corrected chi connectivity index (χ1v) is 6.33. The van der Waals surface area contributed by atoms with Crippen molar-refractivity contribution in [2.45, 2.75) is 13.0 Å². The zero-order valence-corrected chi connectivity index (χ0v) is 11.5. The zero-order valence-electron chi connectivity index (χ0n) is 10.0. The molecule has 0 saturated heterocycles. The fraction of sp³-hybridized carbons (Fsp3) is 0.143. The molecular formula is C14H11Cl2FO2. The van der Waals surface area contributed by atoms with E-state index in [9.17, 15) is 9.50 Å². The lowest BCUT2D eigenvalue weighted by atomic mass is 10.1. The van der Waals surface area contributed by atoms with Gasteiger partial charge in [0.15, 0.2) is 11.6 Å². The Morgan fingerprint density at radius 2 is 1.79 bits per heavy atom. The number of ether oxygens (including phenoxy) is 1. The molecular weight excluding hydrogens is 290 g/mol. The molecule has 2 rings (SSSR count). The fourth-order valence-electron chi connectivity index (χ4n) is 1.54. The molecule has 1 atom stereocenters. The molecule has 0 heterocycles. The SMILES string of the molecule is C[C@H](O)c1ccc(Oc2ccc(Cl)cc2Cl)c(F)c1. The molecule has 2 nitrogen and oxygen atoms in total. The van der Waals surface area contributed by atoms with Gasteiger partial charge >= 0.3 is 0 Å². The van der Waals surface area contributed by atoms with Gasteiger partial charge in [0.05, 0.1) is 11.1 Å². The average Bonchev–Trinajstić information content (AvgIpc) is 2.34. The number of aliphatic hydroxyl groups excluding tert-OH is 1. The molecule has 0 aromatic heterocycles. The molecule has 0 aliphatic heterocycles. The maximum Gasteiger partial charge on any atom is 0.166 e. The van der Waals surface area contributed by atoms with E-state index < -0.39 is 11.9 Å². The van der Waals surface area contributed by atoms with Crippen molar-refractivity contribution < 1.29 is 14.2 Å². The summed E-state index contributed by atoms with van der Waals surface area (Å²) in [5.41, 5.74) is 0.479. The Morgan fingerprint density at radius 1 is 1.11 bits per heavy atom. The van der Waals surface area contributed by atoms with Gasteiger partial charge in [-0.05, 0) is 42.8 Å². The second-order valence-corrected chi connectivity index (χ2v) is 4.89. The van der Waals surface area contributed by atoms with Crippen LogP contribution in [0.15, 0.2) is 36.4 Å². The molecule has 2 aromatic carbocycles. The number of hydrogen-bond acceptors (Lipinski definition) is 2. The third-order valence-corrected chi connectivity index (χ3v) is 3.08. The van der Waals surface area contributed by atoms with E-state index in [4.69, 9.17) is 27.9 Å². The van der Waals surface area contributed by atoms with E-state index in [2.05, 4.69) is 0 Å². The maximum atomic E-state index is 13.8. The lowest BCUT2D eigenvalue weighted by Crippen LogP contribution is -1.94. The third kappa shape index (κ3) is 3.38. The fourth-order valence-corrected chi connectivity index (χ4v) is 1.98. The molecule has 0 fully saturated rings. The van der Waals surface area contributed by atoms with Gasteiger partial charge in [-0.3, -0.25) is 0 Å². The predicted molar refractivity (Wildman–Crippen MR) is 73.6 cm³/mol. The van der Waals surface area contributed by atoms with Crippen LogP contribution in [0, 0.1) is 5.82 Å². The molecule has 0 saturated carbocycles. The lowest BCUT2D eigenvalue weighted by Gasteiger charge is -2.11. The van der Waals surface area contributed by atoms with Crippen LogP contribution in [0.4, 0.5) is 4.39 Å². The minimum absolute atomic E-state index is 0.0358. The van der Waals surface area contributed by atoms with Crippen LogP contribution in [0.2, 0.25) is 10.0 Å². The van der Waals surface area contributed by atoms with Crippen molar-refractivity contribution >= 4 is 23.2 Å². The summed E-state index contributed by atoms with van der Waals surface area (Å²) in [6.07, 6.45) is -0.734. The number of benzene rings is 2. The molecule has 19 heavy (non-hydrogen) atoms. The average molecular weight is 301 g/mol. The van der Waals surface area contributed by atoms with E-state index in [1.54, 1.807) is 25.1 Å². The van der Waals surface area contributed by atoms with Crippen LogP contribution in [-0.4, -0.2) is 5.11 Å². The van der Waals surface area contributed by atoms with Gasteiger partial charge in [-0.15, -0.1) is 0 Å². The van der Waals surface area contributed by atoms with Gasteiger partial charge in [0.2, 0.25) is 0 Å². The molecule has 2 aromatic rings. The highest BCUT2D eigenvalue weighted by atomic mass is 35.5. The largest absolute Gasteiger partial charge is 0.453 e. The topological polar surface area (TPSA) is 29.5 Å². The summed E-state index contributed by atoms with van der Waals surface area (Å²) >= 11 is 11.7. The molecule has 0 aliphatic carbocycles. The molecule has 0 amide bonds. The summed E-state index contributed by atoms with van der Waals surface area (Å²) in [7, 11) is 0. The highest BCUT2D eigenvalue weighted by Gasteiger charge is 2.10. The van der Waals surface area contributed by atoms with E-state index in [1.165, 1.54) is 18.2 Å². The number of hydrogen-bond donors (Lipinski definition) is 1. The molecule has 0 bridgehead atoms. The molecule has 0 radical (unpaired) electrons. The van der Waals surface area contributed by atoms with Crippen molar-refractivity contribution in [3.63, 3.8) is 0 Å². The first-order chi connectivity index (χ1) is 8.97. The minimum atomic E-state index is -0.734. The van der Waals surface area contributed by atoms with Crippen LogP contribution in [0.1, 0.15) is 18.6 Å². The van der Waals surface area contributed by atoms with Crippen LogP contribution in [0.3, 0.4) is 0 Å². The van der Waals surface area contributed by atoms with Crippen molar-refractivity contribution in [2.75, 3.05) is 0 Å². The van der Waals surface area contributed by atoms with E-state index in [0.29, 0.717) is 21.4 Å². The standard InChI is InChI=1S/C14H11Cl2FO2/c1-8(18)9-2-4-14(12(17)6-9)19-13-5-3-10(15)7-11(13)16/h2-8,18H,1H3/t8-/m0/s1. The summed E-state index contributed by atoms with van der Waals surface area (Å²) in [6, 6.07) is 8.94. The van der Waals surface area contributed by atoms with Crippen LogP contribution in [-0.2, 0) is 0 Å². The normalized spacial score (nSPS) is 12.3. The van der Waals surface area contributed by atoms with Gasteiger partial charge in [0.25, 0.3) is 0 Å². The third-order valence-electron chi connectivity index (χ3n) is 2.55. The van der Waals surface area contributed by atoms with Gasteiger partial charge in [-0.1, -0.05) is 29.3 Å². The summed E-state index contributed by atoms with van der Waals surface area (Å²) in [4.78, 5) is 0. The van der Waals surface area contributed by atoms with Gasteiger partial charge in [0.1, 0.15) is 5.75 Å². The molecule has 100 valence electrons.